The van der Waals surface area contributed by atoms with Gasteiger partial charge in [-0.2, -0.15) is 0 Å². The highest BCUT2D eigenvalue weighted by molar-refractivity contribution is 5.60. The second-order valence-corrected chi connectivity index (χ2v) is 5.41. The van der Waals surface area contributed by atoms with E-state index in [2.05, 4.69) is 11.8 Å². The number of hydrogen-bond donors (Lipinski definition) is 0. The van der Waals surface area contributed by atoms with Crippen LogP contribution in [0.4, 0.5) is 0 Å². The maximum Gasteiger partial charge on any atom is 0.129 e. The van der Waals surface area contributed by atoms with E-state index < -0.39 is 0 Å². The third kappa shape index (κ3) is 2.64. The van der Waals surface area contributed by atoms with Gasteiger partial charge in [-0.3, -0.25) is 0 Å². The molecule has 0 aromatic rings. The second kappa shape index (κ2) is 5.28. The quantitative estimate of drug-likeness (QED) is 0.645. The van der Waals surface area contributed by atoms with Gasteiger partial charge >= 0.3 is 0 Å². The van der Waals surface area contributed by atoms with Crippen LogP contribution in [-0.4, -0.2) is 44.0 Å². The Labute approximate surface area is 98.1 Å². The van der Waals surface area contributed by atoms with Gasteiger partial charge in [0.15, 0.2) is 0 Å². The Hall–Kier alpha value is -0.410. The summed E-state index contributed by atoms with van der Waals surface area (Å²) in [6.45, 7) is 6.67. The first kappa shape index (κ1) is 12.1. The zero-order chi connectivity index (χ0) is 11.4. The van der Waals surface area contributed by atoms with Gasteiger partial charge in [0.25, 0.3) is 0 Å². The molecule has 1 aliphatic heterocycles. The van der Waals surface area contributed by atoms with Gasteiger partial charge < -0.3 is 14.4 Å². The van der Waals surface area contributed by atoms with E-state index >= 15 is 0 Å². The summed E-state index contributed by atoms with van der Waals surface area (Å²) in [6, 6.07) is 0. The molecule has 1 heterocycles. The molecule has 92 valence electrons. The minimum Gasteiger partial charge on any atom is -0.380 e. The lowest BCUT2D eigenvalue weighted by atomic mass is 9.83. The predicted octanol–water partition coefficient (Wildman–Crippen LogP) is 1.71. The van der Waals surface area contributed by atoms with Crippen LogP contribution in [0.25, 0.3) is 0 Å². The number of rotatable bonds is 6. The van der Waals surface area contributed by atoms with Gasteiger partial charge in [0.1, 0.15) is 6.29 Å². The molecule has 2 rings (SSSR count). The smallest absolute Gasteiger partial charge is 0.129 e. The first-order valence-corrected chi connectivity index (χ1v) is 6.54. The molecule has 1 aliphatic carbocycles. The molecule has 16 heavy (non-hydrogen) atoms. The highest BCUT2D eigenvalue weighted by atomic mass is 16.5. The Morgan fingerprint density at radius 1 is 1.50 bits per heavy atom. The number of ether oxygens (including phenoxy) is 1. The van der Waals surface area contributed by atoms with Crippen molar-refractivity contribution in [1.29, 1.82) is 0 Å². The molecule has 2 fully saturated rings. The molecule has 0 bridgehead atoms. The standard InChI is InChI=1S/C13H23NO2/c1-2-14(8-12-4-3-5-12)9-13(10-15)6-7-16-11-13/h10,12H,2-9,11H2,1H3. The van der Waals surface area contributed by atoms with Crippen molar-refractivity contribution in [3.63, 3.8) is 0 Å². The molecular formula is C13H23NO2. The van der Waals surface area contributed by atoms with Gasteiger partial charge in [-0.05, 0) is 31.7 Å². The Balaban J connectivity index is 1.85. The first-order chi connectivity index (χ1) is 7.78. The maximum absolute atomic E-state index is 11.2. The van der Waals surface area contributed by atoms with Gasteiger partial charge in [0.05, 0.1) is 12.0 Å². The molecule has 2 aliphatic rings. The maximum atomic E-state index is 11.2. The highest BCUT2D eigenvalue weighted by Crippen LogP contribution is 2.30. The van der Waals surface area contributed by atoms with Crippen molar-refractivity contribution in [1.82, 2.24) is 4.90 Å². The monoisotopic (exact) mass is 225 g/mol. The topological polar surface area (TPSA) is 29.5 Å². The third-order valence-corrected chi connectivity index (χ3v) is 4.11. The van der Waals surface area contributed by atoms with Gasteiger partial charge in [0.2, 0.25) is 0 Å². The van der Waals surface area contributed by atoms with Crippen molar-refractivity contribution in [2.45, 2.75) is 32.6 Å². The number of carbonyl (C=O) groups excluding carboxylic acids is 1. The molecular weight excluding hydrogens is 202 g/mol. The van der Waals surface area contributed by atoms with Crippen LogP contribution in [0.5, 0.6) is 0 Å². The SMILES string of the molecule is CCN(CC1CCC1)CC1(C=O)CCOC1. The molecule has 3 nitrogen and oxygen atoms in total. The summed E-state index contributed by atoms with van der Waals surface area (Å²) in [5, 5.41) is 0. The van der Waals surface area contributed by atoms with Crippen LogP contribution in [0.1, 0.15) is 32.6 Å². The molecule has 1 unspecified atom stereocenters. The van der Waals surface area contributed by atoms with Crippen molar-refractivity contribution in [2.24, 2.45) is 11.3 Å². The summed E-state index contributed by atoms with van der Waals surface area (Å²) in [7, 11) is 0. The molecule has 0 N–H and O–H groups in total. The molecule has 3 heteroatoms. The van der Waals surface area contributed by atoms with Crippen LogP contribution in [-0.2, 0) is 9.53 Å². The fourth-order valence-electron chi connectivity index (χ4n) is 2.67. The largest absolute Gasteiger partial charge is 0.380 e. The number of carbonyl (C=O) groups is 1. The summed E-state index contributed by atoms with van der Waals surface area (Å²) in [4.78, 5) is 13.7. The van der Waals surface area contributed by atoms with Crippen LogP contribution < -0.4 is 0 Å². The van der Waals surface area contributed by atoms with Crippen LogP contribution >= 0.6 is 0 Å². The zero-order valence-corrected chi connectivity index (χ0v) is 10.3. The van der Waals surface area contributed by atoms with Gasteiger partial charge in [0, 0.05) is 19.7 Å². The van der Waals surface area contributed by atoms with Gasteiger partial charge in [-0.25, -0.2) is 0 Å². The molecule has 1 saturated carbocycles. The van der Waals surface area contributed by atoms with Crippen molar-refractivity contribution in [2.75, 3.05) is 32.8 Å². The van der Waals surface area contributed by atoms with Crippen LogP contribution in [0.2, 0.25) is 0 Å². The summed E-state index contributed by atoms with van der Waals surface area (Å²) in [5.74, 6) is 0.881. The van der Waals surface area contributed by atoms with Gasteiger partial charge in [-0.1, -0.05) is 13.3 Å². The summed E-state index contributed by atoms with van der Waals surface area (Å²) in [6.07, 6.45) is 6.17. The lowest BCUT2D eigenvalue weighted by molar-refractivity contribution is -0.117. The minimum absolute atomic E-state index is 0.209. The van der Waals surface area contributed by atoms with Crippen molar-refractivity contribution >= 4 is 6.29 Å². The third-order valence-electron chi connectivity index (χ3n) is 4.11. The van der Waals surface area contributed by atoms with E-state index in [1.807, 2.05) is 0 Å². The van der Waals surface area contributed by atoms with E-state index in [1.54, 1.807) is 0 Å². The van der Waals surface area contributed by atoms with Gasteiger partial charge in [-0.15, -0.1) is 0 Å². The molecule has 1 atom stereocenters. The fraction of sp³-hybridized carbons (Fsp3) is 0.923. The predicted molar refractivity (Wildman–Crippen MR) is 63.4 cm³/mol. The fourth-order valence-corrected chi connectivity index (χ4v) is 2.67. The van der Waals surface area contributed by atoms with E-state index in [4.69, 9.17) is 4.74 Å². The zero-order valence-electron chi connectivity index (χ0n) is 10.3. The number of hydrogen-bond acceptors (Lipinski definition) is 3. The summed E-state index contributed by atoms with van der Waals surface area (Å²) < 4.78 is 5.38. The summed E-state index contributed by atoms with van der Waals surface area (Å²) >= 11 is 0. The summed E-state index contributed by atoms with van der Waals surface area (Å²) in [5.41, 5.74) is -0.209. The Morgan fingerprint density at radius 3 is 2.75 bits per heavy atom. The molecule has 0 amide bonds. The lowest BCUT2D eigenvalue weighted by Gasteiger charge is -2.35. The lowest BCUT2D eigenvalue weighted by Crippen LogP contribution is -2.42. The van der Waals surface area contributed by atoms with Crippen molar-refractivity contribution < 1.29 is 9.53 Å². The molecule has 0 aromatic heterocycles. The van der Waals surface area contributed by atoms with Crippen LogP contribution in [0, 0.1) is 11.3 Å². The Bertz CT molecular complexity index is 232. The Morgan fingerprint density at radius 2 is 2.31 bits per heavy atom. The average Bonchev–Trinajstić information content (AvgIpc) is 2.71. The molecule has 0 spiro atoms. The molecule has 0 aromatic carbocycles. The van der Waals surface area contributed by atoms with E-state index in [0.29, 0.717) is 6.61 Å². The number of aldehydes is 1. The minimum atomic E-state index is -0.209. The Kier molecular flexibility index (Phi) is 3.98. The second-order valence-electron chi connectivity index (χ2n) is 5.41. The van der Waals surface area contributed by atoms with E-state index in [1.165, 1.54) is 25.8 Å². The van der Waals surface area contributed by atoms with E-state index in [9.17, 15) is 4.79 Å². The van der Waals surface area contributed by atoms with Crippen molar-refractivity contribution in [3.05, 3.63) is 0 Å². The highest BCUT2D eigenvalue weighted by Gasteiger charge is 2.36. The first-order valence-electron chi connectivity index (χ1n) is 6.54. The van der Waals surface area contributed by atoms with E-state index in [0.717, 1.165) is 38.3 Å². The molecule has 0 radical (unpaired) electrons. The van der Waals surface area contributed by atoms with Crippen molar-refractivity contribution in [3.8, 4) is 0 Å². The van der Waals surface area contributed by atoms with Crippen LogP contribution in [0.15, 0.2) is 0 Å². The normalized spacial score (nSPS) is 30.6. The molecule has 1 saturated heterocycles. The average molecular weight is 225 g/mol. The van der Waals surface area contributed by atoms with Crippen LogP contribution in [0.3, 0.4) is 0 Å². The van der Waals surface area contributed by atoms with E-state index in [-0.39, 0.29) is 5.41 Å². The number of nitrogens with zero attached hydrogens (tertiary/aromatic N) is 1.